The third kappa shape index (κ3) is 4.00. The average molecular weight is 169 g/mol. The molecule has 9 heavy (non-hydrogen) atoms. The van der Waals surface area contributed by atoms with Crippen molar-refractivity contribution >= 4 is 18.4 Å². The second kappa shape index (κ2) is 3.64. The van der Waals surface area contributed by atoms with Crippen LogP contribution >= 0.6 is 6.64 Å². The average Bonchev–Trinajstić information content (AvgIpc) is 1.64. The highest BCUT2D eigenvalue weighted by Crippen LogP contribution is 2.38. The lowest BCUT2D eigenvalue weighted by molar-refractivity contribution is 0.373. The molecule has 0 saturated carbocycles. The molecule has 0 atom stereocenters. The minimum atomic E-state index is -3.11. The summed E-state index contributed by atoms with van der Waals surface area (Å²) >= 11 is 4.42. The molecule has 0 aromatic heterocycles. The van der Waals surface area contributed by atoms with Crippen LogP contribution in [0.15, 0.2) is 0 Å². The Labute approximate surface area is 60.5 Å². The van der Waals surface area contributed by atoms with Crippen molar-refractivity contribution < 1.29 is 9.79 Å². The Kier molecular flexibility index (Phi) is 3.85. The van der Waals surface area contributed by atoms with E-state index < -0.39 is 6.64 Å². The molecule has 0 saturated heterocycles. The van der Waals surface area contributed by atoms with E-state index in [1.165, 1.54) is 4.67 Å². The standard InChI is InChI=1S/C4H12NO2PS/c1-3-4-5(2)8(6,7)9/h3-4H2,1-2H3,(H2,6,7,9). The first kappa shape index (κ1) is 9.53. The minimum absolute atomic E-state index is 0.643. The third-order valence-electron chi connectivity index (χ3n) is 0.992. The Bertz CT molecular complexity index is 124. The van der Waals surface area contributed by atoms with Crippen molar-refractivity contribution in [2.75, 3.05) is 13.6 Å². The lowest BCUT2D eigenvalue weighted by atomic mass is 10.5. The largest absolute Gasteiger partial charge is 0.334 e. The fraction of sp³-hybridized carbons (Fsp3) is 1.00. The molecule has 3 nitrogen and oxygen atoms in total. The number of hydrogen-bond acceptors (Lipinski definition) is 1. The van der Waals surface area contributed by atoms with E-state index in [1.54, 1.807) is 7.05 Å². The highest BCUT2D eigenvalue weighted by atomic mass is 32.5. The molecule has 0 rings (SSSR count). The molecule has 56 valence electrons. The van der Waals surface area contributed by atoms with Crippen LogP contribution in [0, 0.1) is 0 Å². The van der Waals surface area contributed by atoms with Crippen molar-refractivity contribution in [3.05, 3.63) is 0 Å². The van der Waals surface area contributed by atoms with Crippen LogP contribution in [0.25, 0.3) is 0 Å². The van der Waals surface area contributed by atoms with E-state index in [1.807, 2.05) is 6.92 Å². The monoisotopic (exact) mass is 169 g/mol. The van der Waals surface area contributed by atoms with Gasteiger partial charge in [0.1, 0.15) is 0 Å². The first-order chi connectivity index (χ1) is 3.98. The van der Waals surface area contributed by atoms with Gasteiger partial charge in [-0.2, -0.15) is 0 Å². The smallest absolute Gasteiger partial charge is 0.258 e. The molecular formula is C4H12NO2PS. The van der Waals surface area contributed by atoms with Gasteiger partial charge in [-0.15, -0.1) is 0 Å². The SMILES string of the molecule is CCCN(C)P(O)(O)=S. The molecule has 0 bridgehead atoms. The zero-order chi connectivity index (χ0) is 7.49. The van der Waals surface area contributed by atoms with E-state index in [2.05, 4.69) is 11.8 Å². The summed E-state index contributed by atoms with van der Waals surface area (Å²) in [5.41, 5.74) is 0. The van der Waals surface area contributed by atoms with Gasteiger partial charge in [0.05, 0.1) is 0 Å². The Morgan fingerprint density at radius 1 is 1.56 bits per heavy atom. The van der Waals surface area contributed by atoms with E-state index in [9.17, 15) is 0 Å². The number of nitrogens with zero attached hydrogens (tertiary/aromatic N) is 1. The first-order valence-electron chi connectivity index (χ1n) is 2.75. The van der Waals surface area contributed by atoms with Crippen LogP contribution in [-0.4, -0.2) is 28.0 Å². The van der Waals surface area contributed by atoms with E-state index in [0.29, 0.717) is 6.54 Å². The summed E-state index contributed by atoms with van der Waals surface area (Å²) in [5, 5.41) is 0. The molecule has 0 aromatic rings. The van der Waals surface area contributed by atoms with Gasteiger partial charge in [0.2, 0.25) is 0 Å². The van der Waals surface area contributed by atoms with E-state index >= 15 is 0 Å². The van der Waals surface area contributed by atoms with Crippen LogP contribution < -0.4 is 0 Å². The highest BCUT2D eigenvalue weighted by molar-refractivity contribution is 8.07. The Hall–Kier alpha value is 0.530. The Balaban J connectivity index is 3.74. The molecule has 0 heterocycles. The molecule has 0 unspecified atom stereocenters. The lowest BCUT2D eigenvalue weighted by Crippen LogP contribution is -2.14. The van der Waals surface area contributed by atoms with Crippen LogP contribution in [0.3, 0.4) is 0 Å². The molecule has 0 spiro atoms. The van der Waals surface area contributed by atoms with Crippen LogP contribution in [-0.2, 0) is 11.8 Å². The van der Waals surface area contributed by atoms with Crippen LogP contribution in [0.2, 0.25) is 0 Å². The van der Waals surface area contributed by atoms with Gasteiger partial charge in [-0.1, -0.05) is 6.92 Å². The number of hydrogen-bond donors (Lipinski definition) is 2. The predicted octanol–water partition coefficient (Wildman–Crippen LogP) is 0.537. The minimum Gasteiger partial charge on any atom is -0.334 e. The molecule has 2 N–H and O–H groups in total. The third-order valence-corrected chi connectivity index (χ3v) is 2.92. The summed E-state index contributed by atoms with van der Waals surface area (Å²) in [7, 11) is 1.62. The molecule has 5 heteroatoms. The van der Waals surface area contributed by atoms with Gasteiger partial charge in [0.15, 0.2) is 0 Å². The van der Waals surface area contributed by atoms with Crippen molar-refractivity contribution in [3.8, 4) is 0 Å². The quantitative estimate of drug-likeness (QED) is 0.605. The van der Waals surface area contributed by atoms with Crippen molar-refractivity contribution in [1.29, 1.82) is 0 Å². The van der Waals surface area contributed by atoms with Gasteiger partial charge < -0.3 is 9.79 Å². The Morgan fingerprint density at radius 2 is 2.00 bits per heavy atom. The van der Waals surface area contributed by atoms with Crippen LogP contribution in [0.5, 0.6) is 0 Å². The van der Waals surface area contributed by atoms with Crippen molar-refractivity contribution in [1.82, 2.24) is 4.67 Å². The highest BCUT2D eigenvalue weighted by Gasteiger charge is 2.12. The van der Waals surface area contributed by atoms with Gasteiger partial charge >= 0.3 is 0 Å². The van der Waals surface area contributed by atoms with Gasteiger partial charge in [0.25, 0.3) is 6.64 Å². The summed E-state index contributed by atoms with van der Waals surface area (Å²) in [6.07, 6.45) is 0.885. The predicted molar refractivity (Wildman–Crippen MR) is 41.6 cm³/mol. The lowest BCUT2D eigenvalue weighted by Gasteiger charge is -2.19. The fourth-order valence-corrected chi connectivity index (χ4v) is 1.16. The van der Waals surface area contributed by atoms with Gasteiger partial charge in [-0.3, -0.25) is 0 Å². The molecule has 0 aliphatic heterocycles. The molecular weight excluding hydrogens is 157 g/mol. The molecule has 0 fully saturated rings. The maximum Gasteiger partial charge on any atom is 0.258 e. The number of rotatable bonds is 3. The van der Waals surface area contributed by atoms with Crippen molar-refractivity contribution in [2.24, 2.45) is 0 Å². The second-order valence-corrected chi connectivity index (χ2v) is 5.07. The summed E-state index contributed by atoms with van der Waals surface area (Å²) in [5.74, 6) is 0. The van der Waals surface area contributed by atoms with Gasteiger partial charge in [-0.05, 0) is 25.3 Å². The second-order valence-electron chi connectivity index (χ2n) is 1.89. The first-order valence-corrected chi connectivity index (χ1v) is 5.41. The normalized spacial score (nSPS) is 12.6. The molecule has 0 aromatic carbocycles. The summed E-state index contributed by atoms with van der Waals surface area (Å²) in [6.45, 7) is -0.504. The summed E-state index contributed by atoms with van der Waals surface area (Å²) in [6, 6.07) is 0. The van der Waals surface area contributed by atoms with Crippen molar-refractivity contribution in [3.63, 3.8) is 0 Å². The molecule has 0 amide bonds. The topological polar surface area (TPSA) is 43.7 Å². The maximum atomic E-state index is 8.82. The zero-order valence-corrected chi connectivity index (χ0v) is 7.32. The van der Waals surface area contributed by atoms with E-state index in [4.69, 9.17) is 9.79 Å². The van der Waals surface area contributed by atoms with Crippen LogP contribution in [0.1, 0.15) is 13.3 Å². The maximum absolute atomic E-state index is 8.82. The van der Waals surface area contributed by atoms with Gasteiger partial charge in [0, 0.05) is 6.54 Å². The summed E-state index contributed by atoms with van der Waals surface area (Å²) < 4.78 is 1.41. The summed E-state index contributed by atoms with van der Waals surface area (Å²) in [4.78, 5) is 17.6. The van der Waals surface area contributed by atoms with Crippen molar-refractivity contribution in [2.45, 2.75) is 13.3 Å². The van der Waals surface area contributed by atoms with E-state index in [0.717, 1.165) is 6.42 Å². The zero-order valence-electron chi connectivity index (χ0n) is 5.61. The Morgan fingerprint density at radius 3 is 2.11 bits per heavy atom. The van der Waals surface area contributed by atoms with Gasteiger partial charge in [-0.25, -0.2) is 4.67 Å². The fourth-order valence-electron chi connectivity index (χ4n) is 0.454. The van der Waals surface area contributed by atoms with Crippen LogP contribution in [0.4, 0.5) is 0 Å². The molecule has 0 radical (unpaired) electrons. The van der Waals surface area contributed by atoms with E-state index in [-0.39, 0.29) is 0 Å². The molecule has 0 aliphatic carbocycles. The molecule has 0 aliphatic rings.